The Morgan fingerprint density at radius 2 is 1.93 bits per heavy atom. The molecule has 156 valence electrons. The monoisotopic (exact) mass is 416 g/mol. The minimum Gasteiger partial charge on any atom is -0.331 e. The molecule has 1 aromatic heterocycles. The van der Waals surface area contributed by atoms with E-state index in [1.807, 2.05) is 0 Å². The molecule has 0 fully saturated rings. The molecule has 0 spiro atoms. The number of hydrogen-bond donors (Lipinski definition) is 1. The number of nitrogens with zero attached hydrogens (tertiary/aromatic N) is 3. The molecule has 1 N–H and O–H groups in total. The van der Waals surface area contributed by atoms with Gasteiger partial charge in [0.1, 0.15) is 5.69 Å². The molecule has 0 radical (unpaired) electrons. The second-order valence-corrected chi connectivity index (χ2v) is 6.78. The number of urea groups is 1. The predicted molar refractivity (Wildman–Crippen MR) is 92.2 cm³/mol. The molecule has 2 heterocycles. The van der Waals surface area contributed by atoms with Crippen LogP contribution in [-0.2, 0) is 13.1 Å². The zero-order valence-corrected chi connectivity index (χ0v) is 15.3. The van der Waals surface area contributed by atoms with Gasteiger partial charge in [0.15, 0.2) is 17.4 Å². The van der Waals surface area contributed by atoms with E-state index in [1.165, 1.54) is 17.3 Å². The molecule has 1 aliphatic heterocycles. The van der Waals surface area contributed by atoms with Gasteiger partial charge in [-0.2, -0.15) is 13.2 Å². The molecular weight excluding hydrogens is 399 g/mol. The van der Waals surface area contributed by atoms with Gasteiger partial charge >= 0.3 is 12.2 Å². The van der Waals surface area contributed by atoms with Gasteiger partial charge in [0.05, 0.1) is 24.5 Å². The number of halogens is 5. The minimum atomic E-state index is -4.49. The van der Waals surface area contributed by atoms with Crippen molar-refractivity contribution in [3.05, 3.63) is 47.5 Å². The third-order valence-corrected chi connectivity index (χ3v) is 4.67. The van der Waals surface area contributed by atoms with E-state index in [-0.39, 0.29) is 31.0 Å². The van der Waals surface area contributed by atoms with Crippen molar-refractivity contribution in [2.75, 3.05) is 11.9 Å². The van der Waals surface area contributed by atoms with E-state index in [4.69, 9.17) is 0 Å². The lowest BCUT2D eigenvalue weighted by Gasteiger charge is -2.29. The maximum absolute atomic E-state index is 13.3. The Balaban J connectivity index is 1.71. The van der Waals surface area contributed by atoms with Crippen molar-refractivity contribution in [3.63, 3.8) is 0 Å². The molecule has 3 rings (SSSR count). The number of ketones is 1. The van der Waals surface area contributed by atoms with Gasteiger partial charge in [0.25, 0.3) is 0 Å². The normalized spacial score (nSPS) is 15.0. The number of hydrogen-bond acceptors (Lipinski definition) is 3. The molecule has 1 atom stereocenters. The van der Waals surface area contributed by atoms with E-state index in [0.717, 1.165) is 19.1 Å². The number of Topliss-reactive ketones (excluding diaryl/α,β-unsaturated/α-hetero) is 1. The molecule has 1 aromatic carbocycles. The van der Waals surface area contributed by atoms with Gasteiger partial charge in [-0.25, -0.2) is 18.6 Å². The summed E-state index contributed by atoms with van der Waals surface area (Å²) in [5, 5.41) is 2.42. The first-order chi connectivity index (χ1) is 13.6. The number of amides is 2. The minimum absolute atomic E-state index is 0.0447. The number of imidazole rings is 1. The number of rotatable bonds is 4. The van der Waals surface area contributed by atoms with Gasteiger partial charge in [0.2, 0.25) is 0 Å². The molecule has 0 saturated carbocycles. The highest BCUT2D eigenvalue weighted by molar-refractivity contribution is 5.96. The van der Waals surface area contributed by atoms with Crippen LogP contribution in [0.1, 0.15) is 29.5 Å². The van der Waals surface area contributed by atoms with Gasteiger partial charge < -0.3 is 14.8 Å². The van der Waals surface area contributed by atoms with Gasteiger partial charge in [-0.15, -0.1) is 0 Å². The maximum Gasteiger partial charge on any atom is 0.391 e. The Morgan fingerprint density at radius 1 is 1.21 bits per heavy atom. The summed E-state index contributed by atoms with van der Waals surface area (Å²) in [6.45, 7) is 1.39. The summed E-state index contributed by atoms with van der Waals surface area (Å²) < 4.78 is 66.1. The number of aromatic nitrogens is 2. The Bertz CT molecular complexity index is 941. The fourth-order valence-electron chi connectivity index (χ4n) is 2.93. The summed E-state index contributed by atoms with van der Waals surface area (Å²) in [7, 11) is 0. The first-order valence-electron chi connectivity index (χ1n) is 8.71. The number of nitrogens with one attached hydrogen (secondary N) is 1. The topological polar surface area (TPSA) is 67.2 Å². The van der Waals surface area contributed by atoms with E-state index in [0.29, 0.717) is 5.69 Å². The van der Waals surface area contributed by atoms with Gasteiger partial charge in [0, 0.05) is 31.3 Å². The van der Waals surface area contributed by atoms with Crippen molar-refractivity contribution in [3.8, 4) is 0 Å². The lowest BCUT2D eigenvalue weighted by atomic mass is 10.0. The van der Waals surface area contributed by atoms with Crippen LogP contribution in [0.5, 0.6) is 0 Å². The molecule has 0 unspecified atom stereocenters. The summed E-state index contributed by atoms with van der Waals surface area (Å²) in [5.41, 5.74) is 0.269. The van der Waals surface area contributed by atoms with Crippen molar-refractivity contribution >= 4 is 17.5 Å². The summed E-state index contributed by atoms with van der Waals surface area (Å²) in [4.78, 5) is 30.0. The Hall–Kier alpha value is -2.98. The molecule has 2 amide bonds. The zero-order chi connectivity index (χ0) is 21.3. The third kappa shape index (κ3) is 4.54. The van der Waals surface area contributed by atoms with Crippen LogP contribution in [0.4, 0.5) is 32.4 Å². The van der Waals surface area contributed by atoms with Crippen molar-refractivity contribution in [1.29, 1.82) is 0 Å². The second-order valence-electron chi connectivity index (χ2n) is 6.78. The van der Waals surface area contributed by atoms with Crippen molar-refractivity contribution in [2.45, 2.75) is 32.6 Å². The van der Waals surface area contributed by atoms with Crippen LogP contribution in [0, 0.1) is 17.6 Å². The van der Waals surface area contributed by atoms with E-state index in [1.54, 1.807) is 4.57 Å². The number of anilines is 1. The molecule has 0 aliphatic carbocycles. The first kappa shape index (κ1) is 20.7. The molecule has 0 saturated heterocycles. The molecular formula is C18H17F5N4O2. The first-order valence-corrected chi connectivity index (χ1v) is 8.71. The van der Waals surface area contributed by atoms with Crippen molar-refractivity contribution < 1.29 is 31.5 Å². The van der Waals surface area contributed by atoms with E-state index < -0.39 is 42.0 Å². The molecule has 0 bridgehead atoms. The van der Waals surface area contributed by atoms with Crippen LogP contribution >= 0.6 is 0 Å². The Morgan fingerprint density at radius 3 is 2.59 bits per heavy atom. The van der Waals surface area contributed by atoms with Crippen molar-refractivity contribution in [2.24, 2.45) is 5.92 Å². The smallest absolute Gasteiger partial charge is 0.331 e. The van der Waals surface area contributed by atoms with Gasteiger partial charge in [-0.05, 0) is 12.1 Å². The average Bonchev–Trinajstić information content (AvgIpc) is 3.07. The van der Waals surface area contributed by atoms with E-state index in [2.05, 4.69) is 10.3 Å². The molecule has 1 aliphatic rings. The standard InChI is InChI=1S/C18H17F5N4O2/c1-10(18(21,22)23)6-15(28)16-14-8-26(4-5-27(14)9-24-16)17(29)25-11-2-3-12(19)13(20)7-11/h2-3,7,9-10H,4-6,8H2,1H3,(H,25,29)/t10-/m0/s1. The van der Waals surface area contributed by atoms with Gasteiger partial charge in [-0.3, -0.25) is 4.79 Å². The maximum atomic E-state index is 13.3. The highest BCUT2D eigenvalue weighted by atomic mass is 19.4. The second kappa shape index (κ2) is 7.80. The summed E-state index contributed by atoms with van der Waals surface area (Å²) in [6.07, 6.45) is -3.88. The van der Waals surface area contributed by atoms with Crippen LogP contribution < -0.4 is 5.32 Å². The van der Waals surface area contributed by atoms with Crippen LogP contribution in [0.2, 0.25) is 0 Å². The average molecular weight is 416 g/mol. The third-order valence-electron chi connectivity index (χ3n) is 4.67. The predicted octanol–water partition coefficient (Wildman–Crippen LogP) is 3.98. The highest BCUT2D eigenvalue weighted by Gasteiger charge is 2.38. The molecule has 6 nitrogen and oxygen atoms in total. The number of carbonyl (C=O) groups excluding carboxylic acids is 2. The van der Waals surface area contributed by atoms with Crippen LogP contribution in [0.3, 0.4) is 0 Å². The van der Waals surface area contributed by atoms with Crippen molar-refractivity contribution in [1.82, 2.24) is 14.5 Å². The van der Waals surface area contributed by atoms with E-state index >= 15 is 0 Å². The number of carbonyl (C=O) groups is 2. The molecule has 11 heteroatoms. The summed E-state index contributed by atoms with van der Waals surface area (Å²) in [5.74, 6) is -4.75. The lowest BCUT2D eigenvalue weighted by Crippen LogP contribution is -2.41. The summed E-state index contributed by atoms with van der Waals surface area (Å²) in [6, 6.07) is 2.27. The molecule has 2 aromatic rings. The molecule has 29 heavy (non-hydrogen) atoms. The van der Waals surface area contributed by atoms with Crippen LogP contribution in [-0.4, -0.2) is 39.0 Å². The number of benzene rings is 1. The van der Waals surface area contributed by atoms with Crippen LogP contribution in [0.15, 0.2) is 24.5 Å². The van der Waals surface area contributed by atoms with E-state index in [9.17, 15) is 31.5 Å². The number of alkyl halides is 3. The number of fused-ring (bicyclic) bond motifs is 1. The fourth-order valence-corrected chi connectivity index (χ4v) is 2.93. The SMILES string of the molecule is C[C@@H](CC(=O)c1ncn2c1CN(C(=O)Nc1ccc(F)c(F)c1)CC2)C(F)(F)F. The Kier molecular flexibility index (Phi) is 5.58. The fraction of sp³-hybridized carbons (Fsp3) is 0.389. The van der Waals surface area contributed by atoms with Crippen LogP contribution in [0.25, 0.3) is 0 Å². The highest BCUT2D eigenvalue weighted by Crippen LogP contribution is 2.30. The summed E-state index contributed by atoms with van der Waals surface area (Å²) >= 11 is 0. The Labute approximate surface area is 162 Å². The quantitative estimate of drug-likeness (QED) is 0.606. The lowest BCUT2D eigenvalue weighted by molar-refractivity contribution is -0.168. The van der Waals surface area contributed by atoms with Gasteiger partial charge in [-0.1, -0.05) is 6.92 Å². The largest absolute Gasteiger partial charge is 0.391 e. The zero-order valence-electron chi connectivity index (χ0n) is 15.3.